The summed E-state index contributed by atoms with van der Waals surface area (Å²) in [5, 5.41) is 6.72. The molecule has 0 fully saturated rings. The molecule has 0 unspecified atom stereocenters. The van der Waals surface area contributed by atoms with Gasteiger partial charge in [0.15, 0.2) is 7.12 Å². The van der Waals surface area contributed by atoms with Crippen molar-refractivity contribution < 1.29 is 0 Å². The van der Waals surface area contributed by atoms with Gasteiger partial charge < -0.3 is 0 Å². The van der Waals surface area contributed by atoms with E-state index in [0.717, 1.165) is 11.6 Å². The Hall–Kier alpha value is -0.245. The second-order valence-electron chi connectivity index (χ2n) is 1.47. The highest BCUT2D eigenvalue weighted by Gasteiger charge is 1.99. The molecule has 1 rings (SSSR count). The molecule has 1 aromatic rings. The summed E-state index contributed by atoms with van der Waals surface area (Å²) in [6.45, 7) is 0. The van der Waals surface area contributed by atoms with Crippen molar-refractivity contribution in [2.24, 2.45) is 0 Å². The predicted octanol–water partition coefficient (Wildman–Crippen LogP) is -1.83. The fourth-order valence-electron chi connectivity index (χ4n) is 0.436. The minimum Gasteiger partial charge on any atom is -0.293 e. The second kappa shape index (κ2) is 2.56. The van der Waals surface area contributed by atoms with Crippen LogP contribution < -0.4 is 11.1 Å². The molecule has 0 saturated carbocycles. The van der Waals surface area contributed by atoms with Crippen molar-refractivity contribution in [1.82, 2.24) is 10.2 Å². The number of hydrogen-bond acceptors (Lipinski definition) is 2. The quantitative estimate of drug-likeness (QED) is 0.452. The third-order valence-corrected chi connectivity index (χ3v) is 1.44. The van der Waals surface area contributed by atoms with Crippen LogP contribution in [-0.4, -0.2) is 33.0 Å². The summed E-state index contributed by atoms with van der Waals surface area (Å²) in [7, 11) is 15.9. The highest BCUT2D eigenvalue weighted by atomic mass is 32.2. The van der Waals surface area contributed by atoms with Gasteiger partial charge in [-0.1, -0.05) is 5.46 Å². The van der Waals surface area contributed by atoms with Crippen molar-refractivity contribution in [1.29, 1.82) is 0 Å². The van der Waals surface area contributed by atoms with Crippen LogP contribution in [0, 0.1) is 0 Å². The van der Waals surface area contributed by atoms with E-state index in [4.69, 9.17) is 22.8 Å². The second-order valence-corrected chi connectivity index (χ2v) is 2.10. The molecule has 38 valence electrons. The summed E-state index contributed by atoms with van der Waals surface area (Å²) in [5.41, 5.74) is 0.783. The summed E-state index contributed by atoms with van der Waals surface area (Å²) < 4.78 is 0. The molecule has 0 saturated heterocycles. The molecule has 0 spiro atoms. The van der Waals surface area contributed by atoms with E-state index in [-0.39, 0.29) is 0 Å². The molecular weight excluding hydrogens is 129 g/mol. The molecule has 1 aromatic heterocycles. The molecule has 2 nitrogen and oxygen atoms in total. The predicted molar refractivity (Wildman–Crippen MR) is 41.0 cm³/mol. The Kier molecular flexibility index (Phi) is 1.95. The molecular formula is C3HB3N2S. The molecule has 0 amide bonds. The molecule has 1 heterocycles. The van der Waals surface area contributed by atoms with Gasteiger partial charge in [0.1, 0.15) is 15.7 Å². The van der Waals surface area contributed by atoms with Crippen LogP contribution in [0.5, 0.6) is 0 Å². The smallest absolute Gasteiger partial charge is 0.170 e. The van der Waals surface area contributed by atoms with Crippen LogP contribution in [0.3, 0.4) is 0 Å². The Morgan fingerprint density at radius 1 is 1.44 bits per heavy atom. The lowest BCUT2D eigenvalue weighted by Gasteiger charge is -1.89. The topological polar surface area (TPSA) is 28.7 Å². The van der Waals surface area contributed by atoms with E-state index >= 15 is 0 Å². The van der Waals surface area contributed by atoms with Gasteiger partial charge in [-0.05, 0) is 5.59 Å². The van der Waals surface area contributed by atoms with Crippen LogP contribution in [0.4, 0.5) is 0 Å². The van der Waals surface area contributed by atoms with Gasteiger partial charge in [-0.2, -0.15) is 16.7 Å². The van der Waals surface area contributed by atoms with E-state index < -0.39 is 0 Å². The van der Waals surface area contributed by atoms with Crippen molar-refractivity contribution >= 4 is 45.5 Å². The monoisotopic (exact) mass is 130 g/mol. The minimum atomic E-state index is 0.364. The zero-order valence-electron chi connectivity index (χ0n) is 4.59. The van der Waals surface area contributed by atoms with Crippen molar-refractivity contribution in [3.63, 3.8) is 0 Å². The highest BCUT2D eigenvalue weighted by molar-refractivity contribution is 8.19. The largest absolute Gasteiger partial charge is 0.293 e. The number of hydrogen-bond donors (Lipinski definition) is 1. The molecule has 0 aliphatic heterocycles. The zero-order valence-corrected chi connectivity index (χ0v) is 5.40. The molecule has 0 aromatic carbocycles. The van der Waals surface area contributed by atoms with E-state index in [0.29, 0.717) is 16.1 Å². The average Bonchev–Trinajstić information content (AvgIpc) is 2.15. The van der Waals surface area contributed by atoms with E-state index in [1.807, 2.05) is 0 Å². The third-order valence-electron chi connectivity index (χ3n) is 0.910. The maximum Gasteiger partial charge on any atom is 0.170 e. The minimum absolute atomic E-state index is 0.364. The van der Waals surface area contributed by atoms with E-state index in [2.05, 4.69) is 10.2 Å². The average molecular weight is 130 g/mol. The van der Waals surface area contributed by atoms with Gasteiger partial charge in [-0.15, -0.1) is 0 Å². The van der Waals surface area contributed by atoms with E-state index in [9.17, 15) is 0 Å². The zero-order chi connectivity index (χ0) is 6.85. The number of H-pyrrole nitrogens is 1. The maximum atomic E-state index is 5.39. The Morgan fingerprint density at radius 3 is 2.33 bits per heavy atom. The summed E-state index contributed by atoms with van der Waals surface area (Å²) >= 11 is 0.969. The Bertz CT molecular complexity index is 211. The molecule has 0 aliphatic carbocycles. The molecule has 1 N–H and O–H groups in total. The molecule has 0 aliphatic rings. The van der Waals surface area contributed by atoms with Gasteiger partial charge in [0.25, 0.3) is 0 Å². The lowest BCUT2D eigenvalue weighted by molar-refractivity contribution is 1.02. The van der Waals surface area contributed by atoms with Gasteiger partial charge >= 0.3 is 0 Å². The summed E-state index contributed by atoms with van der Waals surface area (Å²) in [5.74, 6) is 0. The van der Waals surface area contributed by atoms with Crippen molar-refractivity contribution in [3.05, 3.63) is 0 Å². The lowest BCUT2D eigenvalue weighted by atomic mass is 9.88. The number of aromatic nitrogens is 2. The number of aromatic amines is 1. The van der Waals surface area contributed by atoms with Gasteiger partial charge in [-0.3, -0.25) is 5.10 Å². The highest BCUT2D eigenvalue weighted by Crippen LogP contribution is 2.01. The van der Waals surface area contributed by atoms with Gasteiger partial charge in [0.05, 0.1) is 5.03 Å². The van der Waals surface area contributed by atoms with Crippen molar-refractivity contribution in [2.45, 2.75) is 5.03 Å². The Morgan fingerprint density at radius 2 is 2.11 bits per heavy atom. The third kappa shape index (κ3) is 1.18. The normalized spacial score (nSPS) is 9.78. The SMILES string of the molecule is [B]Sc1n[nH]c([B])c1[B]. The molecule has 9 heavy (non-hydrogen) atoms. The Balaban J connectivity index is 3.04. The van der Waals surface area contributed by atoms with Crippen LogP contribution in [0.1, 0.15) is 0 Å². The standard InChI is InChI=1S/C3HB3N2S/c4-1-2(5)7-8-3(1)9-6/h(H,7,8). The first-order chi connectivity index (χ1) is 4.25. The van der Waals surface area contributed by atoms with Gasteiger partial charge in [0.2, 0.25) is 0 Å². The number of nitrogens with zero attached hydrogens (tertiary/aromatic N) is 1. The molecule has 6 radical (unpaired) electrons. The first-order valence-electron chi connectivity index (χ1n) is 2.21. The summed E-state index contributed by atoms with van der Waals surface area (Å²) in [6, 6.07) is 0. The van der Waals surface area contributed by atoms with Gasteiger partial charge in [0, 0.05) is 0 Å². The van der Waals surface area contributed by atoms with Crippen molar-refractivity contribution in [3.8, 4) is 0 Å². The fourth-order valence-corrected chi connectivity index (χ4v) is 0.772. The van der Waals surface area contributed by atoms with E-state index in [1.165, 1.54) is 0 Å². The fraction of sp³-hybridized carbons (Fsp3) is 0. The number of rotatable bonds is 1. The first kappa shape index (κ1) is 6.87. The molecule has 0 bridgehead atoms. The van der Waals surface area contributed by atoms with Crippen LogP contribution in [-0.2, 0) is 0 Å². The molecule has 6 heteroatoms. The lowest BCUT2D eigenvalue weighted by Crippen LogP contribution is -2.24. The van der Waals surface area contributed by atoms with Crippen LogP contribution in [0.25, 0.3) is 0 Å². The number of nitrogens with one attached hydrogen (secondary N) is 1. The first-order valence-corrected chi connectivity index (χ1v) is 3.09. The van der Waals surface area contributed by atoms with E-state index in [1.54, 1.807) is 0 Å². The summed E-state index contributed by atoms with van der Waals surface area (Å²) in [6.07, 6.45) is 0. The molecule has 0 atom stereocenters. The van der Waals surface area contributed by atoms with Crippen LogP contribution in [0.15, 0.2) is 5.03 Å². The summed E-state index contributed by atoms with van der Waals surface area (Å²) in [4.78, 5) is 0. The van der Waals surface area contributed by atoms with Crippen LogP contribution in [0.2, 0.25) is 0 Å². The van der Waals surface area contributed by atoms with Crippen molar-refractivity contribution in [2.75, 3.05) is 0 Å². The van der Waals surface area contributed by atoms with Crippen LogP contribution >= 0.6 is 11.6 Å². The van der Waals surface area contributed by atoms with Gasteiger partial charge in [-0.25, -0.2) is 0 Å². The maximum absolute atomic E-state index is 5.39. The Labute approximate surface area is 61.3 Å².